The molecule has 39 heavy (non-hydrogen) atoms. The van der Waals surface area contributed by atoms with Gasteiger partial charge in [0, 0.05) is 0 Å². The highest BCUT2D eigenvalue weighted by atomic mass is 16.7. The Balaban J connectivity index is 1.52. The van der Waals surface area contributed by atoms with Crippen LogP contribution in [0.5, 0.6) is 17.2 Å². The van der Waals surface area contributed by atoms with Crippen LogP contribution in [0.2, 0.25) is 0 Å². The molecule has 2 heterocycles. The van der Waals surface area contributed by atoms with Crippen LogP contribution < -0.4 is 24.2 Å². The topological polar surface area (TPSA) is 77.5 Å². The summed E-state index contributed by atoms with van der Waals surface area (Å²) in [6.07, 6.45) is 1.01. The van der Waals surface area contributed by atoms with E-state index < -0.39 is 18.1 Å². The number of hydrogen-bond acceptors (Lipinski definition) is 7. The monoisotopic (exact) mass is 530 g/mol. The minimum Gasteiger partial charge on any atom is -0.494 e. The predicted molar refractivity (Wildman–Crippen MR) is 148 cm³/mol. The molecule has 0 N–H and O–H groups in total. The van der Waals surface area contributed by atoms with Gasteiger partial charge in [-0.3, -0.25) is 14.4 Å². The van der Waals surface area contributed by atoms with Crippen molar-refractivity contribution >= 4 is 23.2 Å². The van der Waals surface area contributed by atoms with Crippen molar-refractivity contribution in [2.24, 2.45) is 5.92 Å². The van der Waals surface area contributed by atoms with Crippen molar-refractivity contribution in [1.82, 2.24) is 0 Å². The fraction of sp³-hybridized carbons (Fsp3) is 0.355. The summed E-state index contributed by atoms with van der Waals surface area (Å²) >= 11 is 0. The summed E-state index contributed by atoms with van der Waals surface area (Å²) in [6, 6.07) is 21.6. The van der Waals surface area contributed by atoms with Crippen LogP contribution in [-0.4, -0.2) is 37.7 Å². The molecule has 0 aliphatic carbocycles. The lowest BCUT2D eigenvalue weighted by Crippen LogP contribution is -2.37. The smallest absolute Gasteiger partial charge is 0.266 e. The minimum atomic E-state index is -0.953. The molecule has 3 aromatic rings. The van der Waals surface area contributed by atoms with Crippen LogP contribution in [0.25, 0.3) is 0 Å². The summed E-state index contributed by atoms with van der Waals surface area (Å²) in [4.78, 5) is 35.0. The van der Waals surface area contributed by atoms with E-state index in [0.29, 0.717) is 42.8 Å². The van der Waals surface area contributed by atoms with E-state index in [0.717, 1.165) is 24.1 Å². The molecule has 8 heteroatoms. The zero-order chi connectivity index (χ0) is 27.4. The third kappa shape index (κ3) is 5.16. The van der Waals surface area contributed by atoms with E-state index in [4.69, 9.17) is 19.0 Å². The molecule has 3 aromatic carbocycles. The van der Waals surface area contributed by atoms with Crippen LogP contribution in [0, 0.1) is 5.92 Å². The third-order valence-corrected chi connectivity index (χ3v) is 6.90. The Kier molecular flexibility index (Phi) is 8.02. The molecule has 2 aliphatic heterocycles. The fourth-order valence-electron chi connectivity index (χ4n) is 5.09. The van der Waals surface area contributed by atoms with Gasteiger partial charge in [0.2, 0.25) is 5.91 Å². The highest BCUT2D eigenvalue weighted by molar-refractivity contribution is 6.23. The molecule has 2 aliphatic rings. The van der Waals surface area contributed by atoms with Gasteiger partial charge in [-0.1, -0.05) is 37.6 Å². The van der Waals surface area contributed by atoms with Crippen molar-refractivity contribution in [2.45, 2.75) is 45.8 Å². The summed E-state index contributed by atoms with van der Waals surface area (Å²) in [5, 5.41) is 1.68. The number of hydroxylamine groups is 1. The third-order valence-electron chi connectivity index (χ3n) is 6.90. The van der Waals surface area contributed by atoms with Gasteiger partial charge in [0.25, 0.3) is 5.91 Å². The molecule has 0 spiro atoms. The molecular weight excluding hydrogens is 496 g/mol. The number of benzene rings is 3. The van der Waals surface area contributed by atoms with E-state index in [1.54, 1.807) is 29.3 Å². The normalized spacial score (nSPS) is 20.3. The van der Waals surface area contributed by atoms with Crippen molar-refractivity contribution in [3.05, 3.63) is 78.4 Å². The molecule has 2 fully saturated rings. The molecule has 5 rings (SSSR count). The van der Waals surface area contributed by atoms with E-state index in [9.17, 15) is 9.59 Å². The van der Waals surface area contributed by atoms with Crippen molar-refractivity contribution < 1.29 is 28.6 Å². The number of anilines is 2. The summed E-state index contributed by atoms with van der Waals surface area (Å²) in [7, 11) is 0. The molecule has 204 valence electrons. The summed E-state index contributed by atoms with van der Waals surface area (Å²) in [5.74, 6) is 0.490. The van der Waals surface area contributed by atoms with Gasteiger partial charge in [-0.05, 0) is 74.4 Å². The van der Waals surface area contributed by atoms with Crippen LogP contribution >= 0.6 is 0 Å². The molecule has 3 atom stereocenters. The Morgan fingerprint density at radius 1 is 0.769 bits per heavy atom. The Labute approximate surface area is 229 Å². The van der Waals surface area contributed by atoms with E-state index >= 15 is 0 Å². The zero-order valence-electron chi connectivity index (χ0n) is 22.5. The second-order valence-corrected chi connectivity index (χ2v) is 9.44. The van der Waals surface area contributed by atoms with Crippen molar-refractivity contribution in [3.8, 4) is 17.2 Å². The molecule has 0 saturated carbocycles. The highest BCUT2D eigenvalue weighted by Gasteiger charge is 2.60. The number of fused-ring (bicyclic) bond motifs is 1. The van der Waals surface area contributed by atoms with Gasteiger partial charge in [-0.25, -0.2) is 9.96 Å². The lowest BCUT2D eigenvalue weighted by Gasteiger charge is -2.29. The first kappa shape index (κ1) is 26.6. The number of para-hydroxylation sites is 1. The van der Waals surface area contributed by atoms with Crippen LogP contribution in [0.3, 0.4) is 0 Å². The van der Waals surface area contributed by atoms with Gasteiger partial charge in [-0.15, -0.1) is 0 Å². The molecule has 2 amide bonds. The number of imide groups is 1. The number of nitrogens with zero attached hydrogens (tertiary/aromatic N) is 2. The number of carbonyl (C=O) groups excluding carboxylic acids is 2. The first-order valence-corrected chi connectivity index (χ1v) is 13.6. The first-order valence-electron chi connectivity index (χ1n) is 13.6. The lowest BCUT2D eigenvalue weighted by molar-refractivity contribution is -0.126. The van der Waals surface area contributed by atoms with Gasteiger partial charge < -0.3 is 14.2 Å². The van der Waals surface area contributed by atoms with Gasteiger partial charge in [0.1, 0.15) is 11.7 Å². The largest absolute Gasteiger partial charge is 0.494 e. The molecule has 0 bridgehead atoms. The average Bonchev–Trinajstić information content (AvgIpc) is 3.46. The molecule has 0 aromatic heterocycles. The van der Waals surface area contributed by atoms with E-state index in [-0.39, 0.29) is 11.8 Å². The number of carbonyl (C=O) groups is 2. The summed E-state index contributed by atoms with van der Waals surface area (Å²) in [6.45, 7) is 7.52. The SMILES string of the molecule is CCCCOc1ccc([C@@H]2[C@H]3C(=O)N(c4ccc(OCC)cc4)C(=O)[C@@H]3ON2c2ccccc2)cc1OCC. The Morgan fingerprint density at radius 3 is 2.21 bits per heavy atom. The number of hydrogen-bond donors (Lipinski definition) is 0. The Hall–Kier alpha value is -4.04. The molecular formula is C31H34N2O6. The summed E-state index contributed by atoms with van der Waals surface area (Å²) < 4.78 is 17.4. The number of ether oxygens (including phenoxy) is 3. The molecule has 0 radical (unpaired) electrons. The first-order chi connectivity index (χ1) is 19.1. The second-order valence-electron chi connectivity index (χ2n) is 9.44. The highest BCUT2D eigenvalue weighted by Crippen LogP contribution is 2.48. The average molecular weight is 531 g/mol. The van der Waals surface area contributed by atoms with Crippen LogP contribution in [0.4, 0.5) is 11.4 Å². The van der Waals surface area contributed by atoms with Gasteiger partial charge in [0.05, 0.1) is 37.2 Å². The molecule has 2 saturated heterocycles. The maximum absolute atomic E-state index is 13.9. The standard InChI is InChI=1S/C31H34N2O6/c1-4-7-19-38-25-18-13-21(20-26(25)37-6-3)28-27-29(39-33(28)23-11-9-8-10-12-23)31(35)32(30(27)34)22-14-16-24(17-15-22)36-5-2/h8-18,20,27-29H,4-7,19H2,1-3H3/t27-,28-,29-/m1/s1. The number of amides is 2. The molecule has 8 nitrogen and oxygen atoms in total. The quantitative estimate of drug-likeness (QED) is 0.232. The van der Waals surface area contributed by atoms with Crippen molar-refractivity contribution in [1.29, 1.82) is 0 Å². The van der Waals surface area contributed by atoms with Gasteiger partial charge in [-0.2, -0.15) is 0 Å². The van der Waals surface area contributed by atoms with Crippen molar-refractivity contribution in [3.63, 3.8) is 0 Å². The van der Waals surface area contributed by atoms with Crippen LogP contribution in [0.1, 0.15) is 45.2 Å². The lowest BCUT2D eigenvalue weighted by atomic mass is 9.90. The summed E-state index contributed by atoms with van der Waals surface area (Å²) in [5.41, 5.74) is 2.05. The van der Waals surface area contributed by atoms with Crippen LogP contribution in [0.15, 0.2) is 72.8 Å². The number of rotatable bonds is 11. The molecule has 0 unspecified atom stereocenters. The second kappa shape index (κ2) is 11.8. The van der Waals surface area contributed by atoms with Gasteiger partial charge in [0.15, 0.2) is 17.6 Å². The van der Waals surface area contributed by atoms with E-state index in [1.165, 1.54) is 4.90 Å². The predicted octanol–water partition coefficient (Wildman–Crippen LogP) is 5.71. The van der Waals surface area contributed by atoms with Gasteiger partial charge >= 0.3 is 0 Å². The minimum absolute atomic E-state index is 0.307. The fourth-order valence-corrected chi connectivity index (χ4v) is 5.09. The maximum Gasteiger partial charge on any atom is 0.266 e. The Bertz CT molecular complexity index is 1300. The maximum atomic E-state index is 13.9. The van der Waals surface area contributed by atoms with E-state index in [1.807, 2.05) is 62.4 Å². The number of unbranched alkanes of at least 4 members (excludes halogenated alkanes) is 1. The van der Waals surface area contributed by atoms with Crippen LogP contribution in [-0.2, 0) is 14.4 Å². The zero-order valence-corrected chi connectivity index (χ0v) is 22.5. The van der Waals surface area contributed by atoms with E-state index in [2.05, 4.69) is 6.92 Å². The Morgan fingerprint density at radius 2 is 1.51 bits per heavy atom. The van der Waals surface area contributed by atoms with Crippen molar-refractivity contribution in [2.75, 3.05) is 29.8 Å².